The van der Waals surface area contributed by atoms with Crippen molar-refractivity contribution in [2.75, 3.05) is 11.1 Å². The molecule has 0 saturated heterocycles. The highest BCUT2D eigenvalue weighted by Crippen LogP contribution is 2.25. The highest BCUT2D eigenvalue weighted by molar-refractivity contribution is 6.34. The van der Waals surface area contributed by atoms with Crippen molar-refractivity contribution < 1.29 is 4.79 Å². The molecule has 0 aromatic heterocycles. The lowest BCUT2D eigenvalue weighted by molar-refractivity contribution is 0.102. The smallest absolute Gasteiger partial charge is 0.255 e. The predicted octanol–water partition coefficient (Wildman–Crippen LogP) is 3.74. The van der Waals surface area contributed by atoms with Crippen LogP contribution >= 0.6 is 11.6 Å². The van der Waals surface area contributed by atoms with Crippen molar-refractivity contribution >= 4 is 28.9 Å². The van der Waals surface area contributed by atoms with E-state index in [1.807, 2.05) is 25.1 Å². The van der Waals surface area contributed by atoms with Gasteiger partial charge in [0.25, 0.3) is 5.91 Å². The van der Waals surface area contributed by atoms with Crippen molar-refractivity contribution in [1.29, 1.82) is 0 Å². The molecule has 0 aliphatic heterocycles. The molecule has 4 heteroatoms. The Labute approximate surface area is 117 Å². The largest absolute Gasteiger partial charge is 0.399 e. The molecule has 0 aliphatic carbocycles. The molecule has 0 heterocycles. The van der Waals surface area contributed by atoms with Gasteiger partial charge >= 0.3 is 0 Å². The van der Waals surface area contributed by atoms with Crippen molar-refractivity contribution in [2.24, 2.45) is 0 Å². The molecule has 0 unspecified atom stereocenters. The first-order chi connectivity index (χ1) is 9.11. The van der Waals surface area contributed by atoms with E-state index < -0.39 is 0 Å². The third-order valence-corrected chi connectivity index (χ3v) is 3.21. The van der Waals surface area contributed by atoms with Gasteiger partial charge in [-0.25, -0.2) is 0 Å². The van der Waals surface area contributed by atoms with E-state index in [2.05, 4.69) is 5.32 Å². The summed E-state index contributed by atoms with van der Waals surface area (Å²) in [4.78, 5) is 12.2. The number of hydrogen-bond donors (Lipinski definition) is 2. The molecular weight excluding hydrogens is 260 g/mol. The van der Waals surface area contributed by atoms with Gasteiger partial charge in [-0.3, -0.25) is 4.79 Å². The minimum Gasteiger partial charge on any atom is -0.399 e. The number of carbonyl (C=O) groups excluding carboxylic acids is 1. The van der Waals surface area contributed by atoms with E-state index in [1.165, 1.54) is 0 Å². The maximum atomic E-state index is 12.2. The van der Waals surface area contributed by atoms with Gasteiger partial charge in [0.1, 0.15) is 0 Å². The molecule has 19 heavy (non-hydrogen) atoms. The summed E-state index contributed by atoms with van der Waals surface area (Å²) >= 11 is 6.03. The highest BCUT2D eigenvalue weighted by atomic mass is 35.5. The minimum atomic E-state index is -0.176. The molecule has 0 spiro atoms. The number of anilines is 2. The van der Waals surface area contributed by atoms with E-state index in [9.17, 15) is 4.79 Å². The van der Waals surface area contributed by atoms with Crippen molar-refractivity contribution in [3.63, 3.8) is 0 Å². The Kier molecular flexibility index (Phi) is 4.07. The van der Waals surface area contributed by atoms with Gasteiger partial charge in [-0.1, -0.05) is 36.7 Å². The number of carbonyl (C=O) groups is 1. The summed E-state index contributed by atoms with van der Waals surface area (Å²) in [7, 11) is 0. The molecule has 2 rings (SSSR count). The van der Waals surface area contributed by atoms with E-state index >= 15 is 0 Å². The van der Waals surface area contributed by atoms with Crippen molar-refractivity contribution in [1.82, 2.24) is 0 Å². The van der Waals surface area contributed by atoms with E-state index in [1.54, 1.807) is 24.3 Å². The minimum absolute atomic E-state index is 0.176. The predicted molar refractivity (Wildman–Crippen MR) is 79.6 cm³/mol. The second kappa shape index (κ2) is 5.76. The topological polar surface area (TPSA) is 55.1 Å². The van der Waals surface area contributed by atoms with Gasteiger partial charge in [0, 0.05) is 11.3 Å². The number of nitrogens with two attached hydrogens (primary N) is 1. The Hall–Kier alpha value is -2.00. The van der Waals surface area contributed by atoms with Crippen LogP contribution in [-0.2, 0) is 6.42 Å². The lowest BCUT2D eigenvalue weighted by atomic mass is 10.0. The molecule has 3 nitrogen and oxygen atoms in total. The average Bonchev–Trinajstić information content (AvgIpc) is 2.42. The first-order valence-electron chi connectivity index (χ1n) is 6.06. The lowest BCUT2D eigenvalue weighted by Gasteiger charge is -2.10. The summed E-state index contributed by atoms with van der Waals surface area (Å²) in [6.45, 7) is 2.01. The number of nitrogens with one attached hydrogen (secondary N) is 1. The number of aryl methyl sites for hydroxylation is 1. The third kappa shape index (κ3) is 3.06. The van der Waals surface area contributed by atoms with Crippen LogP contribution in [-0.4, -0.2) is 5.91 Å². The van der Waals surface area contributed by atoms with E-state index in [0.29, 0.717) is 22.0 Å². The second-order valence-electron chi connectivity index (χ2n) is 4.20. The van der Waals surface area contributed by atoms with Crippen LogP contribution in [0.5, 0.6) is 0 Å². The molecule has 1 amide bonds. The number of amides is 1. The number of nitrogen functional groups attached to an aromatic ring is 1. The van der Waals surface area contributed by atoms with Gasteiger partial charge in [-0.05, 0) is 36.2 Å². The second-order valence-corrected chi connectivity index (χ2v) is 4.61. The quantitative estimate of drug-likeness (QED) is 0.838. The Morgan fingerprint density at radius 1 is 1.26 bits per heavy atom. The molecule has 0 bridgehead atoms. The van der Waals surface area contributed by atoms with Crippen LogP contribution in [0.2, 0.25) is 5.02 Å². The summed E-state index contributed by atoms with van der Waals surface area (Å²) in [5.41, 5.74) is 8.43. The average molecular weight is 275 g/mol. The third-order valence-electron chi connectivity index (χ3n) is 2.88. The standard InChI is InChI=1S/C15H15ClN2O/c1-2-10-5-3-4-6-12(10)15(19)18-14-9-11(17)7-8-13(14)16/h3-9H,2,17H2,1H3,(H,18,19). The maximum absolute atomic E-state index is 12.2. The fraction of sp³-hybridized carbons (Fsp3) is 0.133. The molecule has 0 radical (unpaired) electrons. The summed E-state index contributed by atoms with van der Waals surface area (Å²) in [5.74, 6) is -0.176. The fourth-order valence-corrected chi connectivity index (χ4v) is 2.04. The zero-order valence-electron chi connectivity index (χ0n) is 10.6. The lowest BCUT2D eigenvalue weighted by Crippen LogP contribution is -2.14. The van der Waals surface area contributed by atoms with E-state index in [0.717, 1.165) is 12.0 Å². The van der Waals surface area contributed by atoms with E-state index in [-0.39, 0.29) is 5.91 Å². The van der Waals surface area contributed by atoms with Crippen LogP contribution in [0.4, 0.5) is 11.4 Å². The molecule has 0 fully saturated rings. The van der Waals surface area contributed by atoms with Gasteiger partial charge < -0.3 is 11.1 Å². The Bertz CT molecular complexity index is 611. The molecule has 2 aromatic carbocycles. The Morgan fingerprint density at radius 2 is 2.00 bits per heavy atom. The number of halogens is 1. The Balaban J connectivity index is 2.28. The van der Waals surface area contributed by atoms with Gasteiger partial charge in [-0.2, -0.15) is 0 Å². The molecule has 98 valence electrons. The van der Waals surface area contributed by atoms with Crippen molar-refractivity contribution in [2.45, 2.75) is 13.3 Å². The summed E-state index contributed by atoms with van der Waals surface area (Å²) in [6, 6.07) is 12.5. The van der Waals surface area contributed by atoms with Crippen LogP contribution in [0, 0.1) is 0 Å². The van der Waals surface area contributed by atoms with Crippen LogP contribution in [0.25, 0.3) is 0 Å². The highest BCUT2D eigenvalue weighted by Gasteiger charge is 2.11. The molecule has 0 saturated carbocycles. The van der Waals surface area contributed by atoms with Gasteiger partial charge in [-0.15, -0.1) is 0 Å². The SMILES string of the molecule is CCc1ccccc1C(=O)Nc1cc(N)ccc1Cl. The number of rotatable bonds is 3. The van der Waals surface area contributed by atoms with Crippen LogP contribution in [0.15, 0.2) is 42.5 Å². The monoisotopic (exact) mass is 274 g/mol. The molecule has 0 atom stereocenters. The fourth-order valence-electron chi connectivity index (χ4n) is 1.88. The van der Waals surface area contributed by atoms with Crippen LogP contribution < -0.4 is 11.1 Å². The maximum Gasteiger partial charge on any atom is 0.255 e. The normalized spacial score (nSPS) is 10.2. The van der Waals surface area contributed by atoms with Gasteiger partial charge in [0.2, 0.25) is 0 Å². The zero-order chi connectivity index (χ0) is 13.8. The first-order valence-corrected chi connectivity index (χ1v) is 6.44. The van der Waals surface area contributed by atoms with Gasteiger partial charge in [0.05, 0.1) is 10.7 Å². The van der Waals surface area contributed by atoms with Crippen molar-refractivity contribution in [3.8, 4) is 0 Å². The molecular formula is C15H15ClN2O. The molecule has 0 aliphatic rings. The summed E-state index contributed by atoms with van der Waals surface area (Å²) in [5, 5.41) is 3.26. The van der Waals surface area contributed by atoms with Gasteiger partial charge in [0.15, 0.2) is 0 Å². The summed E-state index contributed by atoms with van der Waals surface area (Å²) < 4.78 is 0. The Morgan fingerprint density at radius 3 is 2.74 bits per heavy atom. The van der Waals surface area contributed by atoms with Crippen LogP contribution in [0.1, 0.15) is 22.8 Å². The van der Waals surface area contributed by atoms with Crippen LogP contribution in [0.3, 0.4) is 0 Å². The first kappa shape index (κ1) is 13.4. The number of hydrogen-bond acceptors (Lipinski definition) is 2. The summed E-state index contributed by atoms with van der Waals surface area (Å²) in [6.07, 6.45) is 0.800. The van der Waals surface area contributed by atoms with Crippen molar-refractivity contribution in [3.05, 3.63) is 58.6 Å². The van der Waals surface area contributed by atoms with E-state index in [4.69, 9.17) is 17.3 Å². The number of benzene rings is 2. The zero-order valence-corrected chi connectivity index (χ0v) is 11.4. The molecule has 3 N–H and O–H groups in total. The molecule has 2 aromatic rings.